The predicted molar refractivity (Wildman–Crippen MR) is 72.7 cm³/mol. The molecule has 0 aromatic carbocycles. The Morgan fingerprint density at radius 3 is 3.18 bits per heavy atom. The maximum Gasteiger partial charge on any atom is 0.133 e. The summed E-state index contributed by atoms with van der Waals surface area (Å²) in [6, 6.07) is 3.86. The highest BCUT2D eigenvalue weighted by atomic mass is 79.9. The molecule has 1 fully saturated rings. The second-order valence-corrected chi connectivity index (χ2v) is 5.54. The molecular formula is C12H13BrClN3. The highest BCUT2D eigenvalue weighted by Crippen LogP contribution is 2.31. The number of rotatable bonds is 1. The first-order chi connectivity index (χ1) is 8.27. The number of hydrogen-bond acceptors (Lipinski definition) is 2. The largest absolute Gasteiger partial charge is 0.316 e. The Labute approximate surface area is 113 Å². The number of fused-ring (bicyclic) bond motifs is 1. The zero-order chi connectivity index (χ0) is 11.8. The summed E-state index contributed by atoms with van der Waals surface area (Å²) in [6.07, 6.45) is 4.42. The van der Waals surface area contributed by atoms with Gasteiger partial charge >= 0.3 is 0 Å². The zero-order valence-electron chi connectivity index (χ0n) is 9.29. The topological polar surface area (TPSA) is 29.3 Å². The van der Waals surface area contributed by atoms with Crippen LogP contribution in [0.4, 0.5) is 0 Å². The molecule has 3 heterocycles. The van der Waals surface area contributed by atoms with Gasteiger partial charge in [-0.1, -0.05) is 11.6 Å². The Morgan fingerprint density at radius 2 is 2.41 bits per heavy atom. The molecule has 1 N–H and O–H groups in total. The summed E-state index contributed by atoms with van der Waals surface area (Å²) >= 11 is 9.71. The fraction of sp³-hybridized carbons (Fsp3) is 0.417. The summed E-state index contributed by atoms with van der Waals surface area (Å²) in [5, 5.41) is 4.16. The van der Waals surface area contributed by atoms with Crippen LogP contribution in [0.1, 0.15) is 24.6 Å². The van der Waals surface area contributed by atoms with Crippen molar-refractivity contribution in [2.24, 2.45) is 0 Å². The summed E-state index contributed by atoms with van der Waals surface area (Å²) < 4.78 is 2.94. The van der Waals surface area contributed by atoms with E-state index in [0.29, 0.717) is 5.92 Å². The van der Waals surface area contributed by atoms with Crippen LogP contribution in [-0.2, 0) is 0 Å². The van der Waals surface area contributed by atoms with Crippen LogP contribution >= 0.6 is 27.5 Å². The highest BCUT2D eigenvalue weighted by Gasteiger charge is 2.22. The van der Waals surface area contributed by atoms with Crippen LogP contribution in [0.15, 0.2) is 22.9 Å². The molecule has 5 heteroatoms. The first-order valence-electron chi connectivity index (χ1n) is 5.80. The van der Waals surface area contributed by atoms with Gasteiger partial charge in [-0.25, -0.2) is 4.98 Å². The van der Waals surface area contributed by atoms with E-state index in [1.807, 2.05) is 18.3 Å². The van der Waals surface area contributed by atoms with E-state index in [0.717, 1.165) is 34.1 Å². The lowest BCUT2D eigenvalue weighted by atomic mass is 9.99. The predicted octanol–water partition coefficient (Wildman–Crippen LogP) is 3.22. The fourth-order valence-electron chi connectivity index (χ4n) is 2.44. The smallest absolute Gasteiger partial charge is 0.133 e. The van der Waals surface area contributed by atoms with Gasteiger partial charge in [-0.05, 0) is 47.4 Å². The molecule has 0 amide bonds. The third kappa shape index (κ3) is 1.98. The monoisotopic (exact) mass is 313 g/mol. The quantitative estimate of drug-likeness (QED) is 0.876. The van der Waals surface area contributed by atoms with Gasteiger partial charge in [0.05, 0.1) is 10.5 Å². The lowest BCUT2D eigenvalue weighted by Crippen LogP contribution is -2.29. The molecule has 1 atom stereocenters. The van der Waals surface area contributed by atoms with Crippen molar-refractivity contribution in [1.29, 1.82) is 0 Å². The van der Waals surface area contributed by atoms with E-state index in [1.54, 1.807) is 0 Å². The van der Waals surface area contributed by atoms with Crippen LogP contribution in [0.25, 0.3) is 5.52 Å². The van der Waals surface area contributed by atoms with Gasteiger partial charge in [-0.3, -0.25) is 0 Å². The minimum atomic E-state index is 0.473. The summed E-state index contributed by atoms with van der Waals surface area (Å²) in [7, 11) is 0. The molecule has 0 radical (unpaired) electrons. The number of aromatic nitrogens is 2. The zero-order valence-corrected chi connectivity index (χ0v) is 11.6. The molecule has 90 valence electrons. The fourth-order valence-corrected chi connectivity index (χ4v) is 3.39. The average Bonchev–Trinajstić information content (AvgIpc) is 2.69. The molecule has 1 aliphatic rings. The van der Waals surface area contributed by atoms with Crippen molar-refractivity contribution in [1.82, 2.24) is 14.7 Å². The Hall–Kier alpha value is -0.580. The van der Waals surface area contributed by atoms with Gasteiger partial charge in [-0.2, -0.15) is 0 Å². The second kappa shape index (κ2) is 4.59. The van der Waals surface area contributed by atoms with Crippen molar-refractivity contribution in [3.63, 3.8) is 0 Å². The Balaban J connectivity index is 2.13. The molecule has 1 saturated heterocycles. The molecule has 1 aliphatic heterocycles. The third-order valence-corrected chi connectivity index (χ3v) is 4.12. The van der Waals surface area contributed by atoms with Gasteiger partial charge < -0.3 is 9.72 Å². The molecular weight excluding hydrogens is 302 g/mol. The van der Waals surface area contributed by atoms with Crippen LogP contribution in [0.2, 0.25) is 5.02 Å². The number of nitrogens with zero attached hydrogens (tertiary/aromatic N) is 2. The molecule has 1 unspecified atom stereocenters. The standard InChI is InChI=1S/C12H13BrClN3/c13-11-10-9(14)4-2-6-17(10)12(16-11)8-3-1-5-15-7-8/h2,4,6,8,15H,1,3,5,7H2. The van der Waals surface area contributed by atoms with E-state index < -0.39 is 0 Å². The van der Waals surface area contributed by atoms with Crippen LogP contribution < -0.4 is 5.32 Å². The van der Waals surface area contributed by atoms with Crippen LogP contribution in [0.5, 0.6) is 0 Å². The Morgan fingerprint density at radius 1 is 1.53 bits per heavy atom. The number of piperidine rings is 1. The first-order valence-corrected chi connectivity index (χ1v) is 6.97. The molecule has 17 heavy (non-hydrogen) atoms. The third-order valence-electron chi connectivity index (χ3n) is 3.26. The van der Waals surface area contributed by atoms with Gasteiger partial charge in [0.1, 0.15) is 10.4 Å². The van der Waals surface area contributed by atoms with Gasteiger partial charge in [0.25, 0.3) is 0 Å². The minimum absolute atomic E-state index is 0.473. The molecule has 2 aromatic heterocycles. The summed E-state index contributed by atoms with van der Waals surface area (Å²) in [5.74, 6) is 1.57. The SMILES string of the molecule is Clc1cccn2c(C3CCCNC3)nc(Br)c12. The first kappa shape index (κ1) is 11.5. The molecule has 2 aromatic rings. The van der Waals surface area contributed by atoms with Crippen molar-refractivity contribution >= 4 is 33.0 Å². The van der Waals surface area contributed by atoms with Crippen molar-refractivity contribution in [3.05, 3.63) is 33.8 Å². The second-order valence-electron chi connectivity index (χ2n) is 4.38. The lowest BCUT2D eigenvalue weighted by molar-refractivity contribution is 0.445. The maximum atomic E-state index is 6.21. The summed E-state index contributed by atoms with van der Waals surface area (Å²) in [4.78, 5) is 4.63. The van der Waals surface area contributed by atoms with Crippen molar-refractivity contribution in [2.75, 3.05) is 13.1 Å². The van der Waals surface area contributed by atoms with Gasteiger partial charge in [0.2, 0.25) is 0 Å². The average molecular weight is 315 g/mol. The van der Waals surface area contributed by atoms with Gasteiger partial charge in [0, 0.05) is 18.7 Å². The van der Waals surface area contributed by atoms with Crippen LogP contribution in [0.3, 0.4) is 0 Å². The van der Waals surface area contributed by atoms with Gasteiger partial charge in [0.15, 0.2) is 0 Å². The molecule has 3 nitrogen and oxygen atoms in total. The Kier molecular flexibility index (Phi) is 3.11. The van der Waals surface area contributed by atoms with E-state index in [9.17, 15) is 0 Å². The Bertz CT molecular complexity index is 546. The van der Waals surface area contributed by atoms with Crippen LogP contribution in [0, 0.1) is 0 Å². The molecule has 0 aliphatic carbocycles. The summed E-state index contributed by atoms with van der Waals surface area (Å²) in [5.41, 5.74) is 0.967. The van der Waals surface area contributed by atoms with Gasteiger partial charge in [-0.15, -0.1) is 0 Å². The van der Waals surface area contributed by atoms with E-state index >= 15 is 0 Å². The molecule has 3 rings (SSSR count). The number of pyridine rings is 1. The molecule has 0 spiro atoms. The lowest BCUT2D eigenvalue weighted by Gasteiger charge is -2.21. The van der Waals surface area contributed by atoms with E-state index in [-0.39, 0.29) is 0 Å². The normalized spacial score (nSPS) is 20.9. The molecule has 0 saturated carbocycles. The molecule has 0 bridgehead atoms. The number of imidazole rings is 1. The maximum absolute atomic E-state index is 6.21. The van der Waals surface area contributed by atoms with Crippen LogP contribution in [-0.4, -0.2) is 22.5 Å². The van der Waals surface area contributed by atoms with Crippen molar-refractivity contribution in [3.8, 4) is 0 Å². The highest BCUT2D eigenvalue weighted by molar-refractivity contribution is 9.10. The number of nitrogens with one attached hydrogen (secondary N) is 1. The minimum Gasteiger partial charge on any atom is -0.316 e. The number of hydrogen-bond donors (Lipinski definition) is 1. The van der Waals surface area contributed by atoms with E-state index in [2.05, 4.69) is 30.6 Å². The summed E-state index contributed by atoms with van der Waals surface area (Å²) in [6.45, 7) is 2.11. The van der Waals surface area contributed by atoms with E-state index in [4.69, 9.17) is 11.6 Å². The van der Waals surface area contributed by atoms with Crippen molar-refractivity contribution < 1.29 is 0 Å². The van der Waals surface area contributed by atoms with E-state index in [1.165, 1.54) is 12.8 Å². The number of halogens is 2. The van der Waals surface area contributed by atoms with Crippen molar-refractivity contribution in [2.45, 2.75) is 18.8 Å².